The Kier molecular flexibility index (Phi) is 5.74. The number of carboxylic acids is 1. The number of fused-ring (bicyclic) bond motifs is 1. The Morgan fingerprint density at radius 2 is 1.85 bits per heavy atom. The van der Waals surface area contributed by atoms with E-state index in [2.05, 4.69) is 4.72 Å². The summed E-state index contributed by atoms with van der Waals surface area (Å²) in [5, 5.41) is 9.58. The SMILES string of the molecule is CCCS(=O)(=O)Nc1ccc(C(=O)N2C(C(=O)O)CC3CCCCC32)cc1. The summed E-state index contributed by atoms with van der Waals surface area (Å²) < 4.78 is 26.2. The Labute approximate surface area is 159 Å². The largest absolute Gasteiger partial charge is 0.480 e. The number of sulfonamides is 1. The Hall–Kier alpha value is -2.09. The van der Waals surface area contributed by atoms with Crippen LogP contribution in [0, 0.1) is 5.92 Å². The van der Waals surface area contributed by atoms with Gasteiger partial charge in [-0.25, -0.2) is 13.2 Å². The number of benzene rings is 1. The molecule has 1 aromatic carbocycles. The van der Waals surface area contributed by atoms with Crippen molar-refractivity contribution < 1.29 is 23.1 Å². The standard InChI is InChI=1S/C19H26N2O5S/c1-2-11-27(25,26)20-15-9-7-13(8-10-15)18(22)21-16-6-4-3-5-14(16)12-17(21)19(23)24/h7-10,14,16-17,20H,2-6,11-12H2,1H3,(H,23,24). The first kappa shape index (κ1) is 19.7. The number of carboxylic acid groups (broad SMARTS) is 1. The van der Waals surface area contributed by atoms with Gasteiger partial charge in [-0.1, -0.05) is 19.8 Å². The molecule has 3 unspecified atom stereocenters. The van der Waals surface area contributed by atoms with Crippen LogP contribution in [-0.4, -0.2) is 48.1 Å². The van der Waals surface area contributed by atoms with Gasteiger partial charge in [0.05, 0.1) is 5.75 Å². The molecule has 0 radical (unpaired) electrons. The van der Waals surface area contributed by atoms with Crippen LogP contribution >= 0.6 is 0 Å². The van der Waals surface area contributed by atoms with Crippen LogP contribution in [0.4, 0.5) is 5.69 Å². The quantitative estimate of drug-likeness (QED) is 0.772. The number of carbonyl (C=O) groups is 2. The van der Waals surface area contributed by atoms with E-state index >= 15 is 0 Å². The fourth-order valence-electron chi connectivity index (χ4n) is 4.30. The van der Waals surface area contributed by atoms with Crippen molar-refractivity contribution in [2.24, 2.45) is 5.92 Å². The van der Waals surface area contributed by atoms with Crippen molar-refractivity contribution >= 4 is 27.6 Å². The molecular formula is C19H26N2O5S. The van der Waals surface area contributed by atoms with Crippen LogP contribution in [0.25, 0.3) is 0 Å². The zero-order chi connectivity index (χ0) is 19.6. The molecule has 0 spiro atoms. The van der Waals surface area contributed by atoms with Gasteiger partial charge in [-0.3, -0.25) is 9.52 Å². The van der Waals surface area contributed by atoms with Crippen molar-refractivity contribution in [2.75, 3.05) is 10.5 Å². The van der Waals surface area contributed by atoms with Crippen molar-refractivity contribution in [2.45, 2.75) is 57.5 Å². The minimum absolute atomic E-state index is 0.0184. The normalized spacial score (nSPS) is 25.1. The van der Waals surface area contributed by atoms with Crippen molar-refractivity contribution in [3.05, 3.63) is 29.8 Å². The van der Waals surface area contributed by atoms with Gasteiger partial charge in [0.1, 0.15) is 6.04 Å². The number of aliphatic carboxylic acids is 1. The predicted octanol–water partition coefficient (Wildman–Crippen LogP) is 2.70. The molecule has 3 atom stereocenters. The molecule has 1 saturated heterocycles. The molecular weight excluding hydrogens is 368 g/mol. The molecule has 2 fully saturated rings. The number of likely N-dealkylation sites (tertiary alicyclic amines) is 1. The highest BCUT2D eigenvalue weighted by molar-refractivity contribution is 7.92. The van der Waals surface area contributed by atoms with E-state index in [1.54, 1.807) is 36.1 Å². The van der Waals surface area contributed by atoms with Gasteiger partial charge in [0, 0.05) is 17.3 Å². The zero-order valence-corrected chi connectivity index (χ0v) is 16.2. The maximum Gasteiger partial charge on any atom is 0.326 e. The third-order valence-corrected chi connectivity index (χ3v) is 6.98. The minimum atomic E-state index is -3.39. The third-order valence-electron chi connectivity index (χ3n) is 5.49. The third kappa shape index (κ3) is 4.26. The lowest BCUT2D eigenvalue weighted by molar-refractivity contribution is -0.141. The number of nitrogens with zero attached hydrogens (tertiary/aromatic N) is 1. The van der Waals surface area contributed by atoms with Gasteiger partial charge in [-0.2, -0.15) is 0 Å². The van der Waals surface area contributed by atoms with Gasteiger partial charge < -0.3 is 10.0 Å². The second-order valence-corrected chi connectivity index (χ2v) is 9.25. The molecule has 1 aliphatic heterocycles. The molecule has 1 aromatic rings. The maximum atomic E-state index is 13.0. The molecule has 8 heteroatoms. The highest BCUT2D eigenvalue weighted by atomic mass is 32.2. The topological polar surface area (TPSA) is 104 Å². The second kappa shape index (κ2) is 7.88. The summed E-state index contributed by atoms with van der Waals surface area (Å²) in [4.78, 5) is 26.3. The van der Waals surface area contributed by atoms with Gasteiger partial charge in [-0.15, -0.1) is 0 Å². The zero-order valence-electron chi connectivity index (χ0n) is 15.4. The van der Waals surface area contributed by atoms with E-state index < -0.39 is 22.0 Å². The summed E-state index contributed by atoms with van der Waals surface area (Å²) >= 11 is 0. The summed E-state index contributed by atoms with van der Waals surface area (Å²) in [6, 6.07) is 5.40. The Balaban J connectivity index is 1.79. The summed E-state index contributed by atoms with van der Waals surface area (Å²) in [5.74, 6) is -0.962. The molecule has 2 N–H and O–H groups in total. The Morgan fingerprint density at radius 3 is 2.48 bits per heavy atom. The first-order valence-corrected chi connectivity index (χ1v) is 11.1. The molecule has 3 rings (SSSR count). The van der Waals surface area contributed by atoms with Gasteiger partial charge in [0.2, 0.25) is 10.0 Å². The predicted molar refractivity (Wildman–Crippen MR) is 102 cm³/mol. The highest BCUT2D eigenvalue weighted by Crippen LogP contribution is 2.40. The van der Waals surface area contributed by atoms with Crippen LogP contribution in [0.1, 0.15) is 55.8 Å². The Bertz CT molecular complexity index is 806. The van der Waals surface area contributed by atoms with E-state index in [1.807, 2.05) is 0 Å². The van der Waals surface area contributed by atoms with Crippen LogP contribution in [0.3, 0.4) is 0 Å². The smallest absolute Gasteiger partial charge is 0.326 e. The minimum Gasteiger partial charge on any atom is -0.480 e. The lowest BCUT2D eigenvalue weighted by atomic mass is 9.84. The number of amides is 1. The molecule has 148 valence electrons. The first-order valence-electron chi connectivity index (χ1n) is 9.48. The lowest BCUT2D eigenvalue weighted by Gasteiger charge is -2.33. The van der Waals surface area contributed by atoms with E-state index in [1.165, 1.54) is 0 Å². The average molecular weight is 394 g/mol. The molecule has 0 bridgehead atoms. The van der Waals surface area contributed by atoms with Crippen molar-refractivity contribution in [1.29, 1.82) is 0 Å². The van der Waals surface area contributed by atoms with Crippen LogP contribution in [0.5, 0.6) is 0 Å². The van der Waals surface area contributed by atoms with Crippen LogP contribution in [0.2, 0.25) is 0 Å². The second-order valence-electron chi connectivity index (χ2n) is 7.41. The summed E-state index contributed by atoms with van der Waals surface area (Å²) in [6.45, 7) is 1.79. The molecule has 7 nitrogen and oxygen atoms in total. The van der Waals surface area contributed by atoms with E-state index in [4.69, 9.17) is 0 Å². The van der Waals surface area contributed by atoms with Crippen molar-refractivity contribution in [3.63, 3.8) is 0 Å². The fraction of sp³-hybridized carbons (Fsp3) is 0.579. The Morgan fingerprint density at radius 1 is 1.19 bits per heavy atom. The summed E-state index contributed by atoms with van der Waals surface area (Å²) in [5.41, 5.74) is 0.776. The maximum absolute atomic E-state index is 13.0. The van der Waals surface area contributed by atoms with E-state index in [9.17, 15) is 23.1 Å². The number of anilines is 1. The number of nitrogens with one attached hydrogen (secondary N) is 1. The summed E-state index contributed by atoms with van der Waals surface area (Å²) in [6.07, 6.45) is 4.93. The molecule has 27 heavy (non-hydrogen) atoms. The molecule has 0 aromatic heterocycles. The van der Waals surface area contributed by atoms with Crippen LogP contribution in [-0.2, 0) is 14.8 Å². The fourth-order valence-corrected chi connectivity index (χ4v) is 5.44. The lowest BCUT2D eigenvalue weighted by Crippen LogP contribution is -2.46. The van der Waals surface area contributed by atoms with Crippen LogP contribution in [0.15, 0.2) is 24.3 Å². The molecule has 1 amide bonds. The van der Waals surface area contributed by atoms with Gasteiger partial charge in [-0.05, 0) is 55.9 Å². The summed E-state index contributed by atoms with van der Waals surface area (Å²) in [7, 11) is -3.39. The number of hydrogen-bond donors (Lipinski definition) is 2. The van der Waals surface area contributed by atoms with Gasteiger partial charge in [0.25, 0.3) is 5.91 Å². The molecule has 1 aliphatic carbocycles. The monoisotopic (exact) mass is 394 g/mol. The van der Waals surface area contributed by atoms with E-state index in [0.29, 0.717) is 24.1 Å². The number of carbonyl (C=O) groups excluding carboxylic acids is 1. The molecule has 1 heterocycles. The number of rotatable bonds is 6. The first-order chi connectivity index (χ1) is 12.8. The van der Waals surface area contributed by atoms with Crippen LogP contribution < -0.4 is 4.72 Å². The van der Waals surface area contributed by atoms with E-state index in [0.717, 1.165) is 25.7 Å². The van der Waals surface area contributed by atoms with Gasteiger partial charge >= 0.3 is 5.97 Å². The van der Waals surface area contributed by atoms with E-state index in [-0.39, 0.29) is 23.6 Å². The molecule has 1 saturated carbocycles. The molecule has 2 aliphatic rings. The number of hydrogen-bond acceptors (Lipinski definition) is 4. The van der Waals surface area contributed by atoms with Gasteiger partial charge in [0.15, 0.2) is 0 Å². The highest BCUT2D eigenvalue weighted by Gasteiger charge is 2.47. The van der Waals surface area contributed by atoms with Crippen molar-refractivity contribution in [3.8, 4) is 0 Å². The average Bonchev–Trinajstić information content (AvgIpc) is 3.01. The van der Waals surface area contributed by atoms with Crippen molar-refractivity contribution in [1.82, 2.24) is 4.90 Å².